The molecule has 1 fully saturated rings. The topological polar surface area (TPSA) is 57.7 Å². The summed E-state index contributed by atoms with van der Waals surface area (Å²) >= 11 is 0. The van der Waals surface area contributed by atoms with Gasteiger partial charge in [0, 0.05) is 26.2 Å². The Morgan fingerprint density at radius 3 is 2.36 bits per heavy atom. The van der Waals surface area contributed by atoms with Gasteiger partial charge in [0.05, 0.1) is 11.8 Å². The number of hydrogen-bond donors (Lipinski definition) is 0. The van der Waals surface area contributed by atoms with Crippen LogP contribution >= 0.6 is 0 Å². The van der Waals surface area contributed by atoms with Gasteiger partial charge >= 0.3 is 0 Å². The summed E-state index contributed by atoms with van der Waals surface area (Å²) in [5, 5.41) is 0. The second kappa shape index (κ2) is 6.25. The molecule has 0 atom stereocenters. The lowest BCUT2D eigenvalue weighted by molar-refractivity contribution is 0.0758. The van der Waals surface area contributed by atoms with Crippen LogP contribution in [0.25, 0.3) is 0 Å². The Kier molecular flexibility index (Phi) is 4.76. The lowest BCUT2D eigenvalue weighted by atomic mass is 10.1. The summed E-state index contributed by atoms with van der Waals surface area (Å²) in [6.45, 7) is 0.604. The monoisotopic (exact) mass is 336 g/mol. The van der Waals surface area contributed by atoms with Crippen molar-refractivity contribution in [1.29, 1.82) is 0 Å². The van der Waals surface area contributed by atoms with Gasteiger partial charge in [-0.3, -0.25) is 4.79 Å². The average molecular weight is 336 g/mol. The van der Waals surface area contributed by atoms with Crippen molar-refractivity contribution in [2.24, 2.45) is 0 Å². The quantitative estimate of drug-likeness (QED) is 0.763. The molecule has 0 N–H and O–H groups in total. The maximum Gasteiger partial charge on any atom is 0.256 e. The molecule has 1 aliphatic rings. The summed E-state index contributed by atoms with van der Waals surface area (Å²) in [6, 6.07) is 1.57. The largest absolute Gasteiger partial charge is 0.337 e. The molecule has 1 heterocycles. The Morgan fingerprint density at radius 2 is 1.73 bits per heavy atom. The summed E-state index contributed by atoms with van der Waals surface area (Å²) in [4.78, 5) is 13.5. The van der Waals surface area contributed by atoms with Crippen LogP contribution in [-0.4, -0.2) is 56.0 Å². The van der Waals surface area contributed by atoms with Crippen molar-refractivity contribution in [3.63, 3.8) is 0 Å². The molecule has 1 amide bonds. The molecule has 1 aromatic carbocycles. The van der Waals surface area contributed by atoms with Gasteiger partial charge in [-0.15, -0.1) is 0 Å². The number of rotatable bonds is 2. The van der Waals surface area contributed by atoms with Gasteiger partial charge in [0.25, 0.3) is 5.91 Å². The van der Waals surface area contributed by atoms with E-state index in [-0.39, 0.29) is 26.2 Å². The number of carbonyl (C=O) groups is 1. The molecule has 1 aromatic rings. The molecule has 0 aromatic heterocycles. The molecule has 0 spiro atoms. The molecule has 9 heteroatoms. The zero-order valence-corrected chi connectivity index (χ0v) is 12.7. The van der Waals surface area contributed by atoms with Crippen LogP contribution in [-0.2, 0) is 10.0 Å². The summed E-state index contributed by atoms with van der Waals surface area (Å²) < 4.78 is 64.0. The number of halogens is 3. The van der Waals surface area contributed by atoms with Gasteiger partial charge in [-0.1, -0.05) is 0 Å². The first-order valence-electron chi connectivity index (χ1n) is 6.59. The Hall–Kier alpha value is -1.61. The molecule has 122 valence electrons. The summed E-state index contributed by atoms with van der Waals surface area (Å²) in [7, 11) is -3.37. The second-order valence-electron chi connectivity index (χ2n) is 5.03. The van der Waals surface area contributed by atoms with E-state index in [4.69, 9.17) is 0 Å². The van der Waals surface area contributed by atoms with Crippen LogP contribution in [0.2, 0.25) is 0 Å². The van der Waals surface area contributed by atoms with Crippen LogP contribution in [0, 0.1) is 17.5 Å². The van der Waals surface area contributed by atoms with Crippen LogP contribution in [0.15, 0.2) is 12.1 Å². The van der Waals surface area contributed by atoms with Crippen molar-refractivity contribution in [2.45, 2.75) is 6.42 Å². The number of amides is 1. The van der Waals surface area contributed by atoms with E-state index in [9.17, 15) is 26.4 Å². The maximum atomic E-state index is 13.7. The fourth-order valence-electron chi connectivity index (χ4n) is 2.29. The van der Waals surface area contributed by atoms with Gasteiger partial charge in [-0.2, -0.15) is 0 Å². The van der Waals surface area contributed by atoms with Gasteiger partial charge in [-0.05, 0) is 18.6 Å². The summed E-state index contributed by atoms with van der Waals surface area (Å²) in [5.41, 5.74) is -0.563. The predicted molar refractivity (Wildman–Crippen MR) is 73.3 cm³/mol. The van der Waals surface area contributed by atoms with Crippen molar-refractivity contribution in [3.05, 3.63) is 35.1 Å². The van der Waals surface area contributed by atoms with E-state index in [0.717, 1.165) is 12.3 Å². The zero-order valence-electron chi connectivity index (χ0n) is 11.9. The van der Waals surface area contributed by atoms with E-state index >= 15 is 0 Å². The van der Waals surface area contributed by atoms with Crippen molar-refractivity contribution in [2.75, 3.05) is 32.4 Å². The molecule has 22 heavy (non-hydrogen) atoms. The van der Waals surface area contributed by atoms with E-state index in [1.54, 1.807) is 0 Å². The van der Waals surface area contributed by atoms with E-state index in [0.29, 0.717) is 12.5 Å². The molecule has 5 nitrogen and oxygen atoms in total. The molecule has 0 aliphatic carbocycles. The molecule has 0 bridgehead atoms. The Bertz CT molecular complexity index is 694. The zero-order chi connectivity index (χ0) is 16.5. The van der Waals surface area contributed by atoms with Gasteiger partial charge < -0.3 is 4.90 Å². The number of benzene rings is 1. The third-order valence-electron chi connectivity index (χ3n) is 3.48. The smallest absolute Gasteiger partial charge is 0.256 e. The van der Waals surface area contributed by atoms with Crippen molar-refractivity contribution < 1.29 is 26.4 Å². The van der Waals surface area contributed by atoms with Crippen molar-refractivity contribution in [1.82, 2.24) is 9.21 Å². The molecule has 0 saturated carbocycles. The third kappa shape index (κ3) is 3.41. The first kappa shape index (κ1) is 16.8. The highest BCUT2D eigenvalue weighted by Crippen LogP contribution is 2.18. The molecule has 2 rings (SSSR count). The Labute approximate surface area is 126 Å². The number of carbonyl (C=O) groups excluding carboxylic acids is 1. The number of sulfonamides is 1. The average Bonchev–Trinajstić information content (AvgIpc) is 2.70. The normalized spacial score (nSPS) is 17.4. The minimum absolute atomic E-state index is 0.0599. The minimum atomic E-state index is -3.37. The predicted octanol–water partition coefficient (Wildman–Crippen LogP) is 1.21. The highest BCUT2D eigenvalue weighted by atomic mass is 32.2. The van der Waals surface area contributed by atoms with E-state index < -0.39 is 38.9 Å². The standard InChI is InChI=1S/C13H15F3N2O3S/c1-22(20,21)18-6-2-5-17(7-8-18)13(19)9-3-4-10(14)12(16)11(9)15/h3-4H,2,5-8H2,1H3. The highest BCUT2D eigenvalue weighted by molar-refractivity contribution is 7.88. The number of nitrogens with zero attached hydrogens (tertiary/aromatic N) is 2. The fraction of sp³-hybridized carbons (Fsp3) is 0.462. The lowest BCUT2D eigenvalue weighted by Gasteiger charge is -2.21. The summed E-state index contributed by atoms with van der Waals surface area (Å²) in [6.07, 6.45) is 1.45. The molecule has 1 saturated heterocycles. The first-order valence-corrected chi connectivity index (χ1v) is 8.44. The van der Waals surface area contributed by atoms with Crippen LogP contribution in [0.1, 0.15) is 16.8 Å². The van der Waals surface area contributed by atoms with E-state index in [1.807, 2.05) is 0 Å². The highest BCUT2D eigenvalue weighted by Gasteiger charge is 2.27. The van der Waals surface area contributed by atoms with Gasteiger partial charge in [-0.25, -0.2) is 25.9 Å². The van der Waals surface area contributed by atoms with Crippen molar-refractivity contribution in [3.8, 4) is 0 Å². The van der Waals surface area contributed by atoms with Crippen LogP contribution in [0.4, 0.5) is 13.2 Å². The van der Waals surface area contributed by atoms with Crippen molar-refractivity contribution >= 4 is 15.9 Å². The Morgan fingerprint density at radius 1 is 1.05 bits per heavy atom. The lowest BCUT2D eigenvalue weighted by Crippen LogP contribution is -2.37. The maximum absolute atomic E-state index is 13.7. The Balaban J connectivity index is 2.19. The molecular weight excluding hydrogens is 321 g/mol. The van der Waals surface area contributed by atoms with E-state index in [1.165, 1.54) is 9.21 Å². The number of hydrogen-bond acceptors (Lipinski definition) is 3. The first-order chi connectivity index (χ1) is 10.2. The molecular formula is C13H15F3N2O3S. The minimum Gasteiger partial charge on any atom is -0.337 e. The van der Waals surface area contributed by atoms with Gasteiger partial charge in [0.2, 0.25) is 10.0 Å². The fourth-order valence-corrected chi connectivity index (χ4v) is 3.16. The van der Waals surface area contributed by atoms with Crippen LogP contribution in [0.5, 0.6) is 0 Å². The third-order valence-corrected chi connectivity index (χ3v) is 4.78. The van der Waals surface area contributed by atoms with Crippen LogP contribution < -0.4 is 0 Å². The van der Waals surface area contributed by atoms with E-state index in [2.05, 4.69) is 0 Å². The van der Waals surface area contributed by atoms with Gasteiger partial charge in [0.15, 0.2) is 17.5 Å². The summed E-state index contributed by atoms with van der Waals surface area (Å²) in [5.74, 6) is -5.38. The van der Waals surface area contributed by atoms with Crippen LogP contribution in [0.3, 0.4) is 0 Å². The molecule has 1 aliphatic heterocycles. The SMILES string of the molecule is CS(=O)(=O)N1CCCN(C(=O)c2ccc(F)c(F)c2F)CC1. The van der Waals surface area contributed by atoms with Gasteiger partial charge in [0.1, 0.15) is 0 Å². The second-order valence-corrected chi connectivity index (χ2v) is 7.01. The molecule has 0 radical (unpaired) electrons. The molecule has 0 unspecified atom stereocenters.